The molecule has 0 spiro atoms. The molecule has 0 fully saturated rings. The molecule has 9 heteroatoms. The zero-order valence-electron chi connectivity index (χ0n) is 17.8. The Bertz CT molecular complexity index is 1180. The molecular formula is C24H22N4O5. The molecule has 3 rings (SSSR count). The van der Waals surface area contributed by atoms with Crippen LogP contribution < -0.4 is 16.0 Å². The smallest absolute Gasteiger partial charge is 0.274 e. The van der Waals surface area contributed by atoms with E-state index in [1.165, 1.54) is 24.3 Å². The van der Waals surface area contributed by atoms with E-state index in [9.17, 15) is 24.0 Å². The minimum atomic E-state index is -0.427. The van der Waals surface area contributed by atoms with E-state index in [-0.39, 0.29) is 30.5 Å². The molecule has 2 aromatic carbocycles. The van der Waals surface area contributed by atoms with Crippen LogP contribution in [0.4, 0.5) is 11.4 Å². The predicted octanol–water partition coefficient (Wildman–Crippen LogP) is 2.66. The first-order valence-corrected chi connectivity index (χ1v) is 10.1. The van der Waals surface area contributed by atoms with Crippen molar-refractivity contribution < 1.29 is 24.0 Å². The van der Waals surface area contributed by atoms with Crippen molar-refractivity contribution in [3.63, 3.8) is 0 Å². The number of carbonyl (C=O) groups is 5. The van der Waals surface area contributed by atoms with Gasteiger partial charge >= 0.3 is 0 Å². The third kappa shape index (κ3) is 6.01. The summed E-state index contributed by atoms with van der Waals surface area (Å²) >= 11 is 0. The third-order valence-corrected chi connectivity index (χ3v) is 4.81. The van der Waals surface area contributed by atoms with Crippen LogP contribution in [0.3, 0.4) is 0 Å². The first-order chi connectivity index (χ1) is 15.9. The summed E-state index contributed by atoms with van der Waals surface area (Å²) < 4.78 is 1.58. The monoisotopic (exact) mass is 446 g/mol. The quantitative estimate of drug-likeness (QED) is 0.436. The maximum absolute atomic E-state index is 12.7. The Hall–Kier alpha value is -4.53. The lowest BCUT2D eigenvalue weighted by Crippen LogP contribution is -2.28. The Labute approximate surface area is 189 Å². The van der Waals surface area contributed by atoms with Crippen molar-refractivity contribution in [1.82, 2.24) is 9.88 Å². The van der Waals surface area contributed by atoms with Crippen molar-refractivity contribution in [1.29, 1.82) is 0 Å². The third-order valence-electron chi connectivity index (χ3n) is 4.81. The number of amides is 3. The molecule has 0 saturated carbocycles. The lowest BCUT2D eigenvalue weighted by molar-refractivity contribution is -0.116. The molecule has 3 amide bonds. The molecule has 0 aliphatic heterocycles. The number of aldehydes is 2. The van der Waals surface area contributed by atoms with E-state index >= 15 is 0 Å². The molecule has 33 heavy (non-hydrogen) atoms. The van der Waals surface area contributed by atoms with Crippen molar-refractivity contribution in [2.75, 3.05) is 17.2 Å². The van der Waals surface area contributed by atoms with E-state index in [1.54, 1.807) is 48.1 Å². The van der Waals surface area contributed by atoms with Gasteiger partial charge in [-0.3, -0.25) is 24.0 Å². The molecule has 0 unspecified atom stereocenters. The summed E-state index contributed by atoms with van der Waals surface area (Å²) in [6.45, 7) is 0.0948. The number of benzene rings is 2. The molecule has 1 heterocycles. The molecule has 0 aliphatic carbocycles. The number of aromatic nitrogens is 1. The van der Waals surface area contributed by atoms with Crippen LogP contribution in [0.1, 0.15) is 48.0 Å². The molecule has 9 nitrogen and oxygen atoms in total. The summed E-state index contributed by atoms with van der Waals surface area (Å²) in [5.41, 5.74) is 2.43. The predicted molar refractivity (Wildman–Crippen MR) is 123 cm³/mol. The van der Waals surface area contributed by atoms with E-state index < -0.39 is 5.91 Å². The fraction of sp³-hybridized carbons (Fsp3) is 0.125. The largest absolute Gasteiger partial charge is 0.352 e. The molecule has 0 bridgehead atoms. The highest BCUT2D eigenvalue weighted by molar-refractivity contribution is 6.09. The van der Waals surface area contributed by atoms with Crippen LogP contribution in [0.5, 0.6) is 0 Å². The molecule has 1 aromatic heterocycles. The summed E-state index contributed by atoms with van der Waals surface area (Å²) in [5.74, 6) is -1.16. The van der Waals surface area contributed by atoms with Gasteiger partial charge in [0.15, 0.2) is 0 Å². The van der Waals surface area contributed by atoms with Crippen LogP contribution in [0.2, 0.25) is 0 Å². The molecule has 0 atom stereocenters. The SMILES string of the molecule is Cn1ccc(NC(=O)CCNC(=O)c2ccc(C=O)cc2)c1C(=O)Nc1ccc(C=O)cc1. The number of hydrogen-bond donors (Lipinski definition) is 3. The Kier molecular flexibility index (Phi) is 7.48. The molecule has 0 aliphatic rings. The fourth-order valence-electron chi connectivity index (χ4n) is 3.07. The second-order valence-corrected chi connectivity index (χ2v) is 7.18. The maximum atomic E-state index is 12.7. The molecule has 3 aromatic rings. The molecule has 0 saturated heterocycles. The van der Waals surface area contributed by atoms with E-state index in [2.05, 4.69) is 16.0 Å². The second kappa shape index (κ2) is 10.7. The van der Waals surface area contributed by atoms with Gasteiger partial charge in [0.05, 0.1) is 5.69 Å². The van der Waals surface area contributed by atoms with Gasteiger partial charge in [0.2, 0.25) is 5.91 Å². The molecule has 3 N–H and O–H groups in total. The normalized spacial score (nSPS) is 10.2. The van der Waals surface area contributed by atoms with E-state index in [0.717, 1.165) is 0 Å². The summed E-state index contributed by atoms with van der Waals surface area (Å²) in [6, 6.07) is 14.1. The number of nitrogens with one attached hydrogen (secondary N) is 3. The second-order valence-electron chi connectivity index (χ2n) is 7.18. The summed E-state index contributed by atoms with van der Waals surface area (Å²) in [5, 5.41) is 8.06. The number of rotatable bonds is 9. The minimum Gasteiger partial charge on any atom is -0.352 e. The zero-order valence-corrected chi connectivity index (χ0v) is 17.8. The lowest BCUT2D eigenvalue weighted by Gasteiger charge is -2.11. The van der Waals surface area contributed by atoms with Crippen molar-refractivity contribution in [2.24, 2.45) is 7.05 Å². The van der Waals surface area contributed by atoms with E-state index in [0.29, 0.717) is 40.6 Å². The van der Waals surface area contributed by atoms with Gasteiger partial charge in [-0.15, -0.1) is 0 Å². The van der Waals surface area contributed by atoms with Crippen LogP contribution in [0, 0.1) is 0 Å². The fourth-order valence-corrected chi connectivity index (χ4v) is 3.07. The highest BCUT2D eigenvalue weighted by atomic mass is 16.2. The zero-order chi connectivity index (χ0) is 23.8. The number of hydrogen-bond acceptors (Lipinski definition) is 5. The highest BCUT2D eigenvalue weighted by Crippen LogP contribution is 2.19. The van der Waals surface area contributed by atoms with Gasteiger partial charge in [0, 0.05) is 48.6 Å². The standard InChI is InChI=1S/C24H22N4O5/c1-28-13-11-20(22(28)24(33)26-19-8-4-17(15-30)5-9-19)27-21(31)10-12-25-23(32)18-6-2-16(14-29)3-7-18/h2-9,11,13-15H,10,12H2,1H3,(H,25,32)(H,26,33)(H,27,31). The average Bonchev–Trinajstić information content (AvgIpc) is 3.19. The topological polar surface area (TPSA) is 126 Å². The first kappa shape index (κ1) is 23.1. The van der Waals surface area contributed by atoms with E-state index in [4.69, 9.17) is 0 Å². The number of anilines is 2. The highest BCUT2D eigenvalue weighted by Gasteiger charge is 2.18. The Balaban J connectivity index is 1.55. The van der Waals surface area contributed by atoms with Crippen LogP contribution in [-0.2, 0) is 11.8 Å². The van der Waals surface area contributed by atoms with Crippen molar-refractivity contribution >= 4 is 41.7 Å². The Morgan fingerprint density at radius 3 is 2.03 bits per heavy atom. The molecule has 0 radical (unpaired) electrons. The number of carbonyl (C=O) groups excluding carboxylic acids is 5. The molecule has 168 valence electrons. The van der Waals surface area contributed by atoms with Crippen LogP contribution in [0.15, 0.2) is 60.8 Å². The van der Waals surface area contributed by atoms with Crippen molar-refractivity contribution in [3.8, 4) is 0 Å². The van der Waals surface area contributed by atoms with Gasteiger partial charge in [-0.2, -0.15) is 0 Å². The van der Waals surface area contributed by atoms with Crippen LogP contribution in [-0.4, -0.2) is 41.4 Å². The first-order valence-electron chi connectivity index (χ1n) is 10.1. The van der Waals surface area contributed by atoms with Crippen molar-refractivity contribution in [3.05, 3.63) is 83.2 Å². The summed E-state index contributed by atoms with van der Waals surface area (Å²) in [4.78, 5) is 58.7. The Morgan fingerprint density at radius 1 is 0.818 bits per heavy atom. The van der Waals surface area contributed by atoms with Gasteiger partial charge in [0.1, 0.15) is 18.3 Å². The average molecular weight is 446 g/mol. The van der Waals surface area contributed by atoms with Gasteiger partial charge < -0.3 is 20.5 Å². The van der Waals surface area contributed by atoms with Gasteiger partial charge in [-0.1, -0.05) is 12.1 Å². The van der Waals surface area contributed by atoms with Crippen molar-refractivity contribution in [2.45, 2.75) is 6.42 Å². The van der Waals surface area contributed by atoms with Gasteiger partial charge in [-0.25, -0.2) is 0 Å². The van der Waals surface area contributed by atoms with Crippen LogP contribution >= 0.6 is 0 Å². The number of nitrogens with zero attached hydrogens (tertiary/aromatic N) is 1. The maximum Gasteiger partial charge on any atom is 0.274 e. The Morgan fingerprint density at radius 2 is 1.42 bits per heavy atom. The van der Waals surface area contributed by atoms with Crippen LogP contribution in [0.25, 0.3) is 0 Å². The lowest BCUT2D eigenvalue weighted by atomic mass is 10.1. The molecular weight excluding hydrogens is 424 g/mol. The minimum absolute atomic E-state index is 0.00126. The number of aryl methyl sites for hydroxylation is 1. The van der Waals surface area contributed by atoms with Gasteiger partial charge in [0.25, 0.3) is 11.8 Å². The summed E-state index contributed by atoms with van der Waals surface area (Å²) in [7, 11) is 1.68. The van der Waals surface area contributed by atoms with Gasteiger partial charge in [-0.05, 0) is 42.5 Å². The summed E-state index contributed by atoms with van der Waals surface area (Å²) in [6.07, 6.45) is 3.04. The van der Waals surface area contributed by atoms with E-state index in [1.807, 2.05) is 0 Å².